The van der Waals surface area contributed by atoms with Gasteiger partial charge in [0.2, 0.25) is 0 Å². The van der Waals surface area contributed by atoms with Crippen LogP contribution in [0.4, 0.5) is 0 Å². The van der Waals surface area contributed by atoms with Gasteiger partial charge < -0.3 is 4.57 Å². The highest BCUT2D eigenvalue weighted by molar-refractivity contribution is 5.82. The monoisotopic (exact) mass is 345 g/mol. The molecule has 3 aromatic rings. The zero-order chi connectivity index (χ0) is 17.5. The molecule has 0 spiro atoms. The van der Waals surface area contributed by atoms with Gasteiger partial charge in [0.1, 0.15) is 5.82 Å². The van der Waals surface area contributed by atoms with E-state index < -0.39 is 0 Å². The third-order valence-electron chi connectivity index (χ3n) is 6.25. The molecule has 1 aromatic heterocycles. The molecule has 134 valence electrons. The lowest BCUT2D eigenvalue weighted by Crippen LogP contribution is -2.43. The Morgan fingerprint density at radius 3 is 2.46 bits per heavy atom. The van der Waals surface area contributed by atoms with Gasteiger partial charge in [0.25, 0.3) is 0 Å². The van der Waals surface area contributed by atoms with Crippen LogP contribution in [0.25, 0.3) is 22.2 Å². The summed E-state index contributed by atoms with van der Waals surface area (Å²) in [7, 11) is 0. The summed E-state index contributed by atoms with van der Waals surface area (Å²) in [5.74, 6) is 1.27. The van der Waals surface area contributed by atoms with E-state index in [1.165, 1.54) is 66.8 Å². The van der Waals surface area contributed by atoms with Crippen LogP contribution in [0.1, 0.15) is 37.1 Å². The summed E-state index contributed by atoms with van der Waals surface area (Å²) in [5, 5.41) is 0. The predicted octanol–water partition coefficient (Wildman–Crippen LogP) is 4.81. The molecule has 2 heterocycles. The van der Waals surface area contributed by atoms with Crippen LogP contribution in [-0.4, -0.2) is 33.6 Å². The van der Waals surface area contributed by atoms with Gasteiger partial charge in [-0.2, -0.15) is 0 Å². The zero-order valence-electron chi connectivity index (χ0n) is 15.6. The lowest BCUT2D eigenvalue weighted by atomic mass is 9.91. The van der Waals surface area contributed by atoms with Crippen molar-refractivity contribution >= 4 is 11.0 Å². The van der Waals surface area contributed by atoms with Crippen LogP contribution in [0.2, 0.25) is 0 Å². The Morgan fingerprint density at radius 2 is 1.69 bits per heavy atom. The molecule has 2 aromatic carbocycles. The normalized spacial score (nSPS) is 19.0. The predicted molar refractivity (Wildman–Crippen MR) is 107 cm³/mol. The lowest BCUT2D eigenvalue weighted by molar-refractivity contribution is 0.120. The van der Waals surface area contributed by atoms with Gasteiger partial charge in [-0.05, 0) is 49.4 Å². The van der Waals surface area contributed by atoms with Gasteiger partial charge in [-0.15, -0.1) is 0 Å². The van der Waals surface area contributed by atoms with E-state index in [0.717, 1.165) is 24.5 Å². The Morgan fingerprint density at radius 1 is 0.885 bits per heavy atom. The second kappa shape index (κ2) is 6.55. The van der Waals surface area contributed by atoms with Crippen molar-refractivity contribution in [1.29, 1.82) is 0 Å². The smallest absolute Gasteiger partial charge is 0.111 e. The lowest BCUT2D eigenvalue weighted by Gasteiger charge is -2.38. The zero-order valence-corrected chi connectivity index (χ0v) is 15.6. The largest absolute Gasteiger partial charge is 0.328 e. The van der Waals surface area contributed by atoms with Crippen molar-refractivity contribution in [2.75, 3.05) is 13.1 Å². The van der Waals surface area contributed by atoms with Crippen LogP contribution in [0.3, 0.4) is 0 Å². The topological polar surface area (TPSA) is 21.1 Å². The molecule has 0 N–H and O–H groups in total. The number of fused-ring (bicyclic) bond motifs is 3. The van der Waals surface area contributed by atoms with Crippen molar-refractivity contribution in [2.45, 2.75) is 51.6 Å². The van der Waals surface area contributed by atoms with E-state index in [1.807, 2.05) is 0 Å². The molecule has 2 aliphatic rings. The molecule has 0 atom stereocenters. The van der Waals surface area contributed by atoms with E-state index in [2.05, 4.69) is 58.9 Å². The molecular formula is C23H27N3. The summed E-state index contributed by atoms with van der Waals surface area (Å²) < 4.78 is 2.46. The average molecular weight is 345 g/mol. The number of hydrogen-bond donors (Lipinski definition) is 0. The molecule has 0 saturated heterocycles. The third kappa shape index (κ3) is 2.84. The summed E-state index contributed by atoms with van der Waals surface area (Å²) in [6.45, 7) is 5.64. The maximum atomic E-state index is 5.03. The maximum absolute atomic E-state index is 5.03. The van der Waals surface area contributed by atoms with E-state index in [-0.39, 0.29) is 0 Å². The summed E-state index contributed by atoms with van der Waals surface area (Å²) in [5.41, 5.74) is 6.28. The number of rotatable bonds is 2. The molecule has 26 heavy (non-hydrogen) atoms. The van der Waals surface area contributed by atoms with E-state index in [9.17, 15) is 0 Å². The Balaban J connectivity index is 1.46. The minimum Gasteiger partial charge on any atom is -0.328 e. The van der Waals surface area contributed by atoms with Gasteiger partial charge in [0.05, 0.1) is 11.0 Å². The minimum absolute atomic E-state index is 0.846. The van der Waals surface area contributed by atoms with Crippen LogP contribution in [0.5, 0.6) is 0 Å². The molecule has 1 aliphatic carbocycles. The first-order valence-electron chi connectivity index (χ1n) is 10.1. The second-order valence-electron chi connectivity index (χ2n) is 7.97. The molecule has 1 fully saturated rings. The van der Waals surface area contributed by atoms with Gasteiger partial charge >= 0.3 is 0 Å². The molecule has 3 heteroatoms. The standard InChI is InChI=1S/C23H27N3/c1-17-6-8-18(9-7-17)19-10-11-22-21(16-19)24-23-12-15-25(20-4-2-5-20)13-3-14-26(22)23/h6-11,16,20H,2-5,12-15H2,1H3. The number of aromatic nitrogens is 2. The first-order valence-corrected chi connectivity index (χ1v) is 10.1. The van der Waals surface area contributed by atoms with Gasteiger partial charge in [-0.3, -0.25) is 4.90 Å². The van der Waals surface area contributed by atoms with Crippen molar-refractivity contribution < 1.29 is 0 Å². The molecule has 0 unspecified atom stereocenters. The fraction of sp³-hybridized carbons (Fsp3) is 0.435. The Kier molecular flexibility index (Phi) is 4.05. The Labute approximate surface area is 155 Å². The van der Waals surface area contributed by atoms with Gasteiger partial charge in [-0.25, -0.2) is 4.98 Å². The fourth-order valence-electron chi connectivity index (χ4n) is 4.45. The number of nitrogens with zero attached hydrogens (tertiary/aromatic N) is 3. The van der Waals surface area contributed by atoms with Crippen molar-refractivity contribution in [1.82, 2.24) is 14.5 Å². The second-order valence-corrected chi connectivity index (χ2v) is 7.97. The van der Waals surface area contributed by atoms with Gasteiger partial charge in [-0.1, -0.05) is 42.3 Å². The molecule has 0 amide bonds. The van der Waals surface area contributed by atoms with E-state index in [4.69, 9.17) is 4.98 Å². The van der Waals surface area contributed by atoms with Crippen molar-refractivity contribution in [3.63, 3.8) is 0 Å². The highest BCUT2D eigenvalue weighted by atomic mass is 15.2. The average Bonchev–Trinajstić information content (AvgIpc) is 2.92. The third-order valence-corrected chi connectivity index (χ3v) is 6.25. The number of hydrogen-bond acceptors (Lipinski definition) is 2. The van der Waals surface area contributed by atoms with Crippen molar-refractivity contribution in [2.24, 2.45) is 0 Å². The fourth-order valence-corrected chi connectivity index (χ4v) is 4.45. The first kappa shape index (κ1) is 16.1. The molecule has 0 bridgehead atoms. The van der Waals surface area contributed by atoms with Crippen molar-refractivity contribution in [3.05, 3.63) is 53.9 Å². The highest BCUT2D eigenvalue weighted by Gasteiger charge is 2.26. The molecule has 1 saturated carbocycles. The molecule has 1 aliphatic heterocycles. The van der Waals surface area contributed by atoms with E-state index in [1.54, 1.807) is 0 Å². The summed E-state index contributed by atoms with van der Waals surface area (Å²) in [6.07, 6.45) is 6.52. The van der Waals surface area contributed by atoms with Crippen LogP contribution in [-0.2, 0) is 13.0 Å². The summed E-state index contributed by atoms with van der Waals surface area (Å²) >= 11 is 0. The van der Waals surface area contributed by atoms with Crippen LogP contribution >= 0.6 is 0 Å². The van der Waals surface area contributed by atoms with Crippen LogP contribution in [0.15, 0.2) is 42.5 Å². The van der Waals surface area contributed by atoms with E-state index >= 15 is 0 Å². The van der Waals surface area contributed by atoms with Gasteiger partial charge in [0, 0.05) is 32.1 Å². The minimum atomic E-state index is 0.846. The maximum Gasteiger partial charge on any atom is 0.111 e. The van der Waals surface area contributed by atoms with Crippen LogP contribution < -0.4 is 0 Å². The molecule has 3 nitrogen and oxygen atoms in total. The quantitative estimate of drug-likeness (QED) is 0.664. The molecule has 5 rings (SSSR count). The Bertz CT molecular complexity index is 919. The number of aryl methyl sites for hydroxylation is 2. The molecular weight excluding hydrogens is 318 g/mol. The SMILES string of the molecule is Cc1ccc(-c2ccc3c(c2)nc2n3CCCN(C3CCC3)CC2)cc1. The molecule has 0 radical (unpaired) electrons. The van der Waals surface area contributed by atoms with Gasteiger partial charge in [0.15, 0.2) is 0 Å². The highest BCUT2D eigenvalue weighted by Crippen LogP contribution is 2.29. The summed E-state index contributed by atoms with van der Waals surface area (Å²) in [6, 6.07) is 16.4. The Hall–Kier alpha value is -2.13. The number of benzene rings is 2. The first-order chi connectivity index (χ1) is 12.8. The van der Waals surface area contributed by atoms with Crippen LogP contribution in [0, 0.1) is 6.92 Å². The summed E-state index contributed by atoms with van der Waals surface area (Å²) in [4.78, 5) is 7.74. The number of imidazole rings is 1. The van der Waals surface area contributed by atoms with E-state index in [0.29, 0.717) is 0 Å². The van der Waals surface area contributed by atoms with Crippen molar-refractivity contribution in [3.8, 4) is 11.1 Å².